The van der Waals surface area contributed by atoms with Gasteiger partial charge in [0.2, 0.25) is 0 Å². The summed E-state index contributed by atoms with van der Waals surface area (Å²) in [7, 11) is 0. The van der Waals surface area contributed by atoms with Crippen LogP contribution in [-0.4, -0.2) is 27.1 Å². The number of hydrogen-bond donors (Lipinski definition) is 2. The van der Waals surface area contributed by atoms with E-state index in [4.69, 9.17) is 10.2 Å². The molecule has 0 radical (unpaired) electrons. The summed E-state index contributed by atoms with van der Waals surface area (Å²) in [5.74, 6) is -1.74. The maximum absolute atomic E-state index is 11.0. The first-order valence-corrected chi connectivity index (χ1v) is 7.74. The monoisotopic (exact) mass is 325 g/mol. The molecule has 0 unspecified atom stereocenters. The van der Waals surface area contributed by atoms with Crippen LogP contribution < -0.4 is 0 Å². The van der Waals surface area contributed by atoms with Crippen LogP contribution >= 0.6 is 0 Å². The Bertz CT molecular complexity index is 721. The van der Waals surface area contributed by atoms with Gasteiger partial charge in [0.1, 0.15) is 0 Å². The molecule has 0 amide bonds. The molecule has 1 aromatic carbocycles. The number of aromatic nitrogens is 1. The summed E-state index contributed by atoms with van der Waals surface area (Å²) in [6, 6.07) is 10.5. The zero-order valence-corrected chi connectivity index (χ0v) is 13.2. The maximum atomic E-state index is 11.0. The number of benzene rings is 1. The fourth-order valence-electron chi connectivity index (χ4n) is 2.38. The van der Waals surface area contributed by atoms with Crippen LogP contribution in [-0.2, 0) is 4.79 Å². The largest absolute Gasteiger partial charge is 0.481 e. The highest BCUT2D eigenvalue weighted by Gasteiger charge is 2.07. The lowest BCUT2D eigenvalue weighted by Gasteiger charge is -2.09. The Morgan fingerprint density at radius 2 is 1.67 bits per heavy atom. The molecular weight excluding hydrogens is 306 g/mol. The van der Waals surface area contributed by atoms with E-state index < -0.39 is 11.9 Å². The second kappa shape index (κ2) is 8.62. The Morgan fingerprint density at radius 1 is 0.958 bits per heavy atom. The molecule has 1 aromatic heterocycles. The van der Waals surface area contributed by atoms with Crippen LogP contribution in [0.15, 0.2) is 54.9 Å². The number of carbonyl (C=O) groups is 2. The van der Waals surface area contributed by atoms with Gasteiger partial charge in [-0.2, -0.15) is 0 Å². The minimum Gasteiger partial charge on any atom is -0.481 e. The third kappa shape index (κ3) is 5.05. The van der Waals surface area contributed by atoms with Crippen molar-refractivity contribution in [1.82, 2.24) is 4.98 Å². The van der Waals surface area contributed by atoms with Crippen molar-refractivity contribution in [2.45, 2.75) is 25.7 Å². The first-order valence-electron chi connectivity index (χ1n) is 7.74. The Kier molecular flexibility index (Phi) is 6.25. The molecule has 0 atom stereocenters. The van der Waals surface area contributed by atoms with E-state index in [9.17, 15) is 9.59 Å². The van der Waals surface area contributed by atoms with Crippen molar-refractivity contribution in [1.29, 1.82) is 0 Å². The standard InChI is InChI=1S/C19H19NO4/c21-18(22)7-3-1-2-6-17(16-5-4-12-20-13-16)14-8-10-15(11-9-14)19(23)24/h4-6,8-13H,1-3,7H2,(H,21,22)(H,23,24). The molecule has 2 aromatic rings. The molecule has 0 bridgehead atoms. The number of unbranched alkanes of at least 4 members (excludes halogenated alkanes) is 2. The number of rotatable bonds is 8. The lowest BCUT2D eigenvalue weighted by molar-refractivity contribution is -0.137. The van der Waals surface area contributed by atoms with Gasteiger partial charge in [0.25, 0.3) is 0 Å². The van der Waals surface area contributed by atoms with Crippen LogP contribution in [0.25, 0.3) is 5.57 Å². The van der Waals surface area contributed by atoms with E-state index in [-0.39, 0.29) is 12.0 Å². The van der Waals surface area contributed by atoms with Crippen molar-refractivity contribution >= 4 is 17.5 Å². The molecule has 1 heterocycles. The summed E-state index contributed by atoms with van der Waals surface area (Å²) in [5, 5.41) is 17.7. The number of aromatic carboxylic acids is 1. The van der Waals surface area contributed by atoms with Crippen molar-refractivity contribution in [3.63, 3.8) is 0 Å². The number of carboxylic acid groups (broad SMARTS) is 2. The van der Waals surface area contributed by atoms with Crippen molar-refractivity contribution in [2.75, 3.05) is 0 Å². The predicted molar refractivity (Wildman–Crippen MR) is 90.8 cm³/mol. The second-order valence-electron chi connectivity index (χ2n) is 5.38. The number of carboxylic acids is 2. The molecule has 0 saturated carbocycles. The number of allylic oxidation sites excluding steroid dienone is 1. The van der Waals surface area contributed by atoms with E-state index in [2.05, 4.69) is 11.1 Å². The van der Waals surface area contributed by atoms with Crippen molar-refractivity contribution in [3.8, 4) is 0 Å². The fourth-order valence-corrected chi connectivity index (χ4v) is 2.38. The van der Waals surface area contributed by atoms with Crippen LogP contribution in [0.3, 0.4) is 0 Å². The van der Waals surface area contributed by atoms with Gasteiger partial charge in [0.05, 0.1) is 5.56 Å². The first kappa shape index (κ1) is 17.4. The average Bonchev–Trinajstić information content (AvgIpc) is 2.59. The zero-order chi connectivity index (χ0) is 17.4. The third-order valence-electron chi connectivity index (χ3n) is 3.61. The first-order chi connectivity index (χ1) is 11.6. The summed E-state index contributed by atoms with van der Waals surface area (Å²) in [4.78, 5) is 25.7. The summed E-state index contributed by atoms with van der Waals surface area (Å²) in [6.45, 7) is 0. The van der Waals surface area contributed by atoms with Gasteiger partial charge in [-0.1, -0.05) is 24.3 Å². The van der Waals surface area contributed by atoms with Crippen molar-refractivity contribution in [2.24, 2.45) is 0 Å². The van der Waals surface area contributed by atoms with E-state index in [1.807, 2.05) is 12.1 Å². The SMILES string of the molecule is O=C(O)CCCCC=C(c1ccc(C(=O)O)cc1)c1cccnc1. The highest BCUT2D eigenvalue weighted by Crippen LogP contribution is 2.24. The third-order valence-corrected chi connectivity index (χ3v) is 3.61. The molecule has 0 fully saturated rings. The topological polar surface area (TPSA) is 87.5 Å². The van der Waals surface area contributed by atoms with E-state index in [1.165, 1.54) is 0 Å². The van der Waals surface area contributed by atoms with Gasteiger partial charge < -0.3 is 10.2 Å². The maximum Gasteiger partial charge on any atom is 0.335 e. The van der Waals surface area contributed by atoms with E-state index >= 15 is 0 Å². The normalized spacial score (nSPS) is 11.2. The van der Waals surface area contributed by atoms with Gasteiger partial charge in [-0.25, -0.2) is 4.79 Å². The molecule has 24 heavy (non-hydrogen) atoms. The molecule has 5 nitrogen and oxygen atoms in total. The molecule has 0 aliphatic rings. The van der Waals surface area contributed by atoms with E-state index in [0.717, 1.165) is 29.5 Å². The molecule has 0 spiro atoms. The lowest BCUT2D eigenvalue weighted by Crippen LogP contribution is -1.97. The molecule has 5 heteroatoms. The molecule has 0 aliphatic heterocycles. The summed E-state index contributed by atoms with van der Waals surface area (Å²) in [5.41, 5.74) is 3.06. The fraction of sp³-hybridized carbons (Fsp3) is 0.211. The van der Waals surface area contributed by atoms with Gasteiger partial charge >= 0.3 is 11.9 Å². The molecular formula is C19H19NO4. The molecule has 2 rings (SSSR count). The summed E-state index contributed by atoms with van der Waals surface area (Å²) >= 11 is 0. The summed E-state index contributed by atoms with van der Waals surface area (Å²) in [6.07, 6.45) is 7.83. The van der Waals surface area contributed by atoms with Crippen LogP contribution in [0.2, 0.25) is 0 Å². The Morgan fingerprint density at radius 3 is 2.25 bits per heavy atom. The molecule has 0 aliphatic carbocycles. The minimum absolute atomic E-state index is 0.170. The van der Waals surface area contributed by atoms with Gasteiger partial charge in [-0.05, 0) is 48.6 Å². The Hall–Kier alpha value is -2.95. The number of nitrogens with zero attached hydrogens (tertiary/aromatic N) is 1. The second-order valence-corrected chi connectivity index (χ2v) is 5.38. The van der Waals surface area contributed by atoms with E-state index in [0.29, 0.717) is 6.42 Å². The highest BCUT2D eigenvalue weighted by molar-refractivity contribution is 5.88. The smallest absolute Gasteiger partial charge is 0.335 e. The number of hydrogen-bond acceptors (Lipinski definition) is 3. The minimum atomic E-state index is -0.956. The quantitative estimate of drug-likeness (QED) is 0.720. The Labute approximate surface area is 140 Å². The van der Waals surface area contributed by atoms with Crippen molar-refractivity contribution in [3.05, 3.63) is 71.6 Å². The molecule has 2 N–H and O–H groups in total. The summed E-state index contributed by atoms with van der Waals surface area (Å²) < 4.78 is 0. The van der Waals surface area contributed by atoms with E-state index in [1.54, 1.807) is 36.7 Å². The average molecular weight is 325 g/mol. The highest BCUT2D eigenvalue weighted by atomic mass is 16.4. The van der Waals surface area contributed by atoms with Crippen LogP contribution in [0.5, 0.6) is 0 Å². The van der Waals surface area contributed by atoms with Crippen LogP contribution in [0.1, 0.15) is 47.2 Å². The van der Waals surface area contributed by atoms with Gasteiger partial charge in [-0.3, -0.25) is 9.78 Å². The van der Waals surface area contributed by atoms with Crippen LogP contribution in [0.4, 0.5) is 0 Å². The number of pyridine rings is 1. The lowest BCUT2D eigenvalue weighted by atomic mass is 9.96. The molecule has 0 saturated heterocycles. The van der Waals surface area contributed by atoms with Crippen molar-refractivity contribution < 1.29 is 19.8 Å². The molecule has 124 valence electrons. The predicted octanol–water partition coefficient (Wildman–Crippen LogP) is 3.86. The Balaban J connectivity index is 2.20. The zero-order valence-electron chi connectivity index (χ0n) is 13.2. The number of aliphatic carboxylic acids is 1. The van der Waals surface area contributed by atoms with Gasteiger partial charge in [0, 0.05) is 24.4 Å². The van der Waals surface area contributed by atoms with Gasteiger partial charge in [0.15, 0.2) is 0 Å². The van der Waals surface area contributed by atoms with Gasteiger partial charge in [-0.15, -0.1) is 0 Å². The van der Waals surface area contributed by atoms with Crippen LogP contribution in [0, 0.1) is 0 Å².